The smallest absolute Gasteiger partial charge is 0.261 e. The van der Waals surface area contributed by atoms with Gasteiger partial charge in [-0.3, -0.25) is 19.3 Å². The normalized spacial score (nSPS) is 13.1. The summed E-state index contributed by atoms with van der Waals surface area (Å²) < 4.78 is 0. The first kappa shape index (κ1) is 19.6. The summed E-state index contributed by atoms with van der Waals surface area (Å²) in [5.41, 5.74) is 4.56. The lowest BCUT2D eigenvalue weighted by Crippen LogP contribution is -2.32. The van der Waals surface area contributed by atoms with Crippen LogP contribution in [-0.4, -0.2) is 49.2 Å². The van der Waals surface area contributed by atoms with E-state index in [1.54, 1.807) is 24.3 Å². The van der Waals surface area contributed by atoms with Crippen LogP contribution in [0.1, 0.15) is 53.6 Å². The fourth-order valence-electron chi connectivity index (χ4n) is 3.57. The number of hydrogen-bond donors (Lipinski definition) is 0. The van der Waals surface area contributed by atoms with Crippen molar-refractivity contribution in [1.82, 2.24) is 25.1 Å². The molecule has 0 unspecified atom stereocenters. The van der Waals surface area contributed by atoms with Gasteiger partial charge in [0.15, 0.2) is 11.6 Å². The Labute approximate surface area is 173 Å². The fourth-order valence-corrected chi connectivity index (χ4v) is 3.57. The molecule has 0 spiro atoms. The van der Waals surface area contributed by atoms with Gasteiger partial charge in [0.1, 0.15) is 6.54 Å². The van der Waals surface area contributed by atoms with Crippen molar-refractivity contribution in [3.8, 4) is 0 Å². The number of carbonyl (C=O) groups excluding carboxylic acids is 3. The van der Waals surface area contributed by atoms with Gasteiger partial charge >= 0.3 is 0 Å². The average Bonchev–Trinajstić information content (AvgIpc) is 3.26. The van der Waals surface area contributed by atoms with E-state index in [0.29, 0.717) is 22.5 Å². The third-order valence-corrected chi connectivity index (χ3v) is 5.36. The van der Waals surface area contributed by atoms with Crippen molar-refractivity contribution in [3.05, 3.63) is 75.6 Å². The molecule has 0 aliphatic carbocycles. The Morgan fingerprint density at radius 1 is 0.933 bits per heavy atom. The Bertz CT molecular complexity index is 1150. The molecule has 152 valence electrons. The standard InChI is InChI=1S/C22H21N5O3/c1-13-10-15(3)18(11-14(13)2)19(28)12-27-24-20(23-25-27)8-9-26-21(29)16-6-4-5-7-17(16)22(26)30/h4-7,10-11H,8-9,12H2,1-3H3. The van der Waals surface area contributed by atoms with Crippen molar-refractivity contribution in [1.29, 1.82) is 0 Å². The number of aryl methyl sites for hydroxylation is 3. The van der Waals surface area contributed by atoms with Gasteiger partial charge in [0.05, 0.1) is 11.1 Å². The molecule has 0 fully saturated rings. The van der Waals surface area contributed by atoms with Gasteiger partial charge in [0.25, 0.3) is 11.8 Å². The Hall–Kier alpha value is -3.68. The number of fused-ring (bicyclic) bond motifs is 1. The molecule has 2 heterocycles. The van der Waals surface area contributed by atoms with Crippen LogP contribution in [-0.2, 0) is 13.0 Å². The number of rotatable bonds is 6. The Kier molecular flexibility index (Phi) is 4.99. The molecule has 1 aliphatic heterocycles. The van der Waals surface area contributed by atoms with E-state index in [1.165, 1.54) is 9.70 Å². The van der Waals surface area contributed by atoms with Crippen LogP contribution in [0.3, 0.4) is 0 Å². The first-order chi connectivity index (χ1) is 14.3. The maximum atomic E-state index is 12.7. The summed E-state index contributed by atoms with van der Waals surface area (Å²) in [6, 6.07) is 10.6. The monoisotopic (exact) mass is 403 g/mol. The number of Topliss-reactive ketones (excluding diaryl/α,β-unsaturated/α-hetero) is 1. The van der Waals surface area contributed by atoms with Crippen LogP contribution in [0.15, 0.2) is 36.4 Å². The number of tetrazole rings is 1. The van der Waals surface area contributed by atoms with Crippen LogP contribution in [0.25, 0.3) is 0 Å². The van der Waals surface area contributed by atoms with Crippen LogP contribution in [0.4, 0.5) is 0 Å². The van der Waals surface area contributed by atoms with Crippen LogP contribution < -0.4 is 0 Å². The number of imide groups is 1. The van der Waals surface area contributed by atoms with Gasteiger partial charge in [0.2, 0.25) is 0 Å². The summed E-state index contributed by atoms with van der Waals surface area (Å²) in [6.07, 6.45) is 0.266. The highest BCUT2D eigenvalue weighted by Gasteiger charge is 2.34. The van der Waals surface area contributed by atoms with E-state index >= 15 is 0 Å². The van der Waals surface area contributed by atoms with Gasteiger partial charge in [-0.25, -0.2) is 0 Å². The van der Waals surface area contributed by atoms with Crippen LogP contribution in [0, 0.1) is 20.8 Å². The van der Waals surface area contributed by atoms with Crippen LogP contribution >= 0.6 is 0 Å². The Morgan fingerprint density at radius 3 is 2.23 bits per heavy atom. The lowest BCUT2D eigenvalue weighted by atomic mass is 9.98. The van der Waals surface area contributed by atoms with Gasteiger partial charge in [-0.1, -0.05) is 18.2 Å². The fraction of sp³-hybridized carbons (Fsp3) is 0.273. The van der Waals surface area contributed by atoms with Crippen molar-refractivity contribution in [3.63, 3.8) is 0 Å². The predicted molar refractivity (Wildman–Crippen MR) is 108 cm³/mol. The van der Waals surface area contributed by atoms with E-state index in [9.17, 15) is 14.4 Å². The summed E-state index contributed by atoms with van der Waals surface area (Å²) in [5.74, 6) is -0.358. The van der Waals surface area contributed by atoms with Crippen molar-refractivity contribution in [2.45, 2.75) is 33.7 Å². The van der Waals surface area contributed by atoms with Gasteiger partial charge in [0, 0.05) is 18.5 Å². The number of aromatic nitrogens is 4. The van der Waals surface area contributed by atoms with E-state index in [2.05, 4.69) is 15.4 Å². The minimum atomic E-state index is -0.316. The first-order valence-electron chi connectivity index (χ1n) is 9.68. The van der Waals surface area contributed by atoms with Crippen LogP contribution in [0.5, 0.6) is 0 Å². The van der Waals surface area contributed by atoms with Gasteiger partial charge in [-0.2, -0.15) is 4.80 Å². The maximum Gasteiger partial charge on any atom is 0.261 e. The number of carbonyl (C=O) groups is 3. The third kappa shape index (κ3) is 3.52. The quantitative estimate of drug-likeness (QED) is 0.463. The zero-order valence-corrected chi connectivity index (χ0v) is 17.0. The zero-order valence-electron chi connectivity index (χ0n) is 17.0. The highest BCUT2D eigenvalue weighted by atomic mass is 16.2. The largest absolute Gasteiger partial charge is 0.292 e. The number of benzene rings is 2. The summed E-state index contributed by atoms with van der Waals surface area (Å²) in [5, 5.41) is 12.1. The second-order valence-electron chi connectivity index (χ2n) is 7.47. The summed E-state index contributed by atoms with van der Waals surface area (Å²) >= 11 is 0. The molecular formula is C22H21N5O3. The SMILES string of the molecule is Cc1cc(C)c(C(=O)Cn2nnc(CCN3C(=O)c4ccccc4C3=O)n2)cc1C. The molecule has 0 atom stereocenters. The molecular weight excluding hydrogens is 382 g/mol. The van der Waals surface area contributed by atoms with E-state index in [0.717, 1.165) is 16.7 Å². The topological polar surface area (TPSA) is 98.0 Å². The van der Waals surface area contributed by atoms with E-state index in [4.69, 9.17) is 0 Å². The molecule has 0 saturated carbocycles. The highest BCUT2D eigenvalue weighted by Crippen LogP contribution is 2.22. The van der Waals surface area contributed by atoms with E-state index in [1.807, 2.05) is 32.9 Å². The molecule has 1 aromatic heterocycles. The predicted octanol–water partition coefficient (Wildman–Crippen LogP) is 2.32. The maximum absolute atomic E-state index is 12.7. The molecule has 0 saturated heterocycles. The first-order valence-corrected chi connectivity index (χ1v) is 9.68. The molecule has 30 heavy (non-hydrogen) atoms. The summed E-state index contributed by atoms with van der Waals surface area (Å²) in [4.78, 5) is 39.9. The second kappa shape index (κ2) is 7.62. The minimum absolute atomic E-state index is 0.0244. The van der Waals surface area contributed by atoms with Crippen molar-refractivity contribution < 1.29 is 14.4 Å². The zero-order chi connectivity index (χ0) is 21.4. The molecule has 8 nitrogen and oxygen atoms in total. The molecule has 0 radical (unpaired) electrons. The number of hydrogen-bond acceptors (Lipinski definition) is 6. The third-order valence-electron chi connectivity index (χ3n) is 5.36. The number of amides is 2. The Balaban J connectivity index is 1.41. The van der Waals surface area contributed by atoms with Crippen molar-refractivity contribution in [2.75, 3.05) is 6.54 Å². The van der Waals surface area contributed by atoms with Crippen molar-refractivity contribution >= 4 is 17.6 Å². The number of nitrogens with zero attached hydrogens (tertiary/aromatic N) is 5. The summed E-state index contributed by atoms with van der Waals surface area (Å²) in [7, 11) is 0. The highest BCUT2D eigenvalue weighted by molar-refractivity contribution is 6.21. The minimum Gasteiger partial charge on any atom is -0.292 e. The molecule has 2 aromatic carbocycles. The molecule has 8 heteroatoms. The average molecular weight is 403 g/mol. The summed E-state index contributed by atoms with van der Waals surface area (Å²) in [6.45, 7) is 6.01. The van der Waals surface area contributed by atoms with E-state index in [-0.39, 0.29) is 37.1 Å². The van der Waals surface area contributed by atoms with Gasteiger partial charge in [-0.15, -0.1) is 10.2 Å². The Morgan fingerprint density at radius 2 is 1.57 bits per heavy atom. The molecule has 0 bridgehead atoms. The molecule has 0 N–H and O–H groups in total. The number of ketones is 1. The molecule has 1 aliphatic rings. The molecule has 2 amide bonds. The lowest BCUT2D eigenvalue weighted by Gasteiger charge is -2.11. The molecule has 4 rings (SSSR count). The molecule has 3 aromatic rings. The van der Waals surface area contributed by atoms with Crippen LogP contribution in [0.2, 0.25) is 0 Å². The lowest BCUT2D eigenvalue weighted by molar-refractivity contribution is 0.0655. The second-order valence-corrected chi connectivity index (χ2v) is 7.47. The van der Waals surface area contributed by atoms with E-state index < -0.39 is 0 Å². The van der Waals surface area contributed by atoms with Gasteiger partial charge in [-0.05, 0) is 60.9 Å². The van der Waals surface area contributed by atoms with Gasteiger partial charge < -0.3 is 0 Å². The van der Waals surface area contributed by atoms with Crippen molar-refractivity contribution in [2.24, 2.45) is 0 Å².